The Morgan fingerprint density at radius 2 is 1.91 bits per heavy atom. The van der Waals surface area contributed by atoms with Crippen LogP contribution in [-0.4, -0.2) is 67.0 Å². The van der Waals surface area contributed by atoms with Crippen LogP contribution in [0.4, 0.5) is 13.2 Å². The Balaban J connectivity index is 1.84. The van der Waals surface area contributed by atoms with Crippen LogP contribution >= 0.6 is 0 Å². The minimum Gasteiger partial charge on any atom is -0.382 e. The molecule has 2 saturated heterocycles. The summed E-state index contributed by atoms with van der Waals surface area (Å²) in [7, 11) is 3.67. The predicted molar refractivity (Wildman–Crippen MR) is 78.8 cm³/mol. The fourth-order valence-electron chi connectivity index (χ4n) is 3.43. The van der Waals surface area contributed by atoms with Gasteiger partial charge in [-0.2, -0.15) is 13.2 Å². The van der Waals surface area contributed by atoms with E-state index in [1.165, 1.54) is 26.3 Å². The van der Waals surface area contributed by atoms with E-state index in [-0.39, 0.29) is 6.04 Å². The Labute approximate surface area is 129 Å². The highest BCUT2D eigenvalue weighted by Gasteiger charge is 2.39. The second kappa shape index (κ2) is 7.04. The van der Waals surface area contributed by atoms with Gasteiger partial charge in [-0.05, 0) is 32.7 Å². The molecule has 8 heteroatoms. The number of piperidine rings is 2. The summed E-state index contributed by atoms with van der Waals surface area (Å²) in [5, 5.41) is 14.8. The van der Waals surface area contributed by atoms with Crippen LogP contribution in [0, 0.1) is 0 Å². The summed E-state index contributed by atoms with van der Waals surface area (Å²) in [5.74, 6) is 0.316. The molecule has 128 valence electrons. The van der Waals surface area contributed by atoms with Crippen LogP contribution in [0.5, 0.6) is 0 Å². The van der Waals surface area contributed by atoms with Gasteiger partial charge in [0.1, 0.15) is 0 Å². The van der Waals surface area contributed by atoms with Gasteiger partial charge in [0.15, 0.2) is 12.1 Å². The van der Waals surface area contributed by atoms with E-state index in [9.17, 15) is 13.2 Å². The fraction of sp³-hybridized carbons (Fsp3) is 0.929. The van der Waals surface area contributed by atoms with Crippen LogP contribution < -0.4 is 10.6 Å². The molecule has 5 nitrogen and oxygen atoms in total. The van der Waals surface area contributed by atoms with Crippen molar-refractivity contribution in [3.8, 4) is 0 Å². The maximum atomic E-state index is 12.3. The van der Waals surface area contributed by atoms with Crippen LogP contribution in [0.1, 0.15) is 32.1 Å². The van der Waals surface area contributed by atoms with Crippen molar-refractivity contribution < 1.29 is 18.3 Å². The van der Waals surface area contributed by atoms with Gasteiger partial charge < -0.3 is 20.6 Å². The molecule has 2 aliphatic heterocycles. The van der Waals surface area contributed by atoms with Crippen LogP contribution in [-0.2, 0) is 0 Å². The molecule has 0 spiro atoms. The molecule has 2 bridgehead atoms. The Morgan fingerprint density at radius 3 is 2.41 bits per heavy atom. The normalized spacial score (nSPS) is 31.7. The summed E-state index contributed by atoms with van der Waals surface area (Å²) in [5.41, 5.74) is 0. The highest BCUT2D eigenvalue weighted by atomic mass is 19.4. The van der Waals surface area contributed by atoms with E-state index in [0.29, 0.717) is 18.0 Å². The molecular weight excluding hydrogens is 297 g/mol. The molecule has 0 amide bonds. The number of alkyl halides is 3. The Hall–Kier alpha value is -1.02. The van der Waals surface area contributed by atoms with E-state index in [0.717, 1.165) is 12.8 Å². The third-order valence-electron chi connectivity index (χ3n) is 4.74. The molecule has 3 unspecified atom stereocenters. The van der Waals surface area contributed by atoms with Gasteiger partial charge in [0.25, 0.3) is 0 Å². The standard InChI is InChI=1S/C14H25F3N4O/c1-18-13(19-8-12(22)14(15,16)17)20-9-6-10-4-3-5-11(7-9)21(10)2/h9-12,22H,3-8H2,1-2H3,(H2,18,19,20). The number of hydrogen-bond donors (Lipinski definition) is 3. The minimum absolute atomic E-state index is 0.209. The van der Waals surface area contributed by atoms with Crippen LogP contribution in [0.2, 0.25) is 0 Å². The van der Waals surface area contributed by atoms with Crippen molar-refractivity contribution in [3.63, 3.8) is 0 Å². The van der Waals surface area contributed by atoms with Gasteiger partial charge in [0.2, 0.25) is 0 Å². The quantitative estimate of drug-likeness (QED) is 0.538. The number of aliphatic imine (C=N–C) groups is 1. The fourth-order valence-corrected chi connectivity index (χ4v) is 3.43. The Morgan fingerprint density at radius 1 is 1.32 bits per heavy atom. The van der Waals surface area contributed by atoms with Crippen molar-refractivity contribution in [2.24, 2.45) is 4.99 Å². The summed E-state index contributed by atoms with van der Waals surface area (Å²) in [6, 6.07) is 1.27. The number of aliphatic hydroxyl groups excluding tert-OH is 1. The van der Waals surface area contributed by atoms with E-state index in [4.69, 9.17) is 5.11 Å². The average molecular weight is 322 g/mol. The molecule has 0 radical (unpaired) electrons. The molecule has 2 rings (SSSR count). The largest absolute Gasteiger partial charge is 0.416 e. The third kappa shape index (κ3) is 4.25. The number of aliphatic hydroxyl groups is 1. The molecule has 0 aromatic heterocycles. The van der Waals surface area contributed by atoms with Crippen molar-refractivity contribution in [2.45, 2.75) is 62.5 Å². The summed E-state index contributed by atoms with van der Waals surface area (Å²) in [6.07, 6.45) is -1.48. The summed E-state index contributed by atoms with van der Waals surface area (Å²) < 4.78 is 36.9. The van der Waals surface area contributed by atoms with Crippen LogP contribution in [0.3, 0.4) is 0 Å². The van der Waals surface area contributed by atoms with Crippen LogP contribution in [0.15, 0.2) is 4.99 Å². The summed E-state index contributed by atoms with van der Waals surface area (Å²) in [6.45, 7) is -0.595. The summed E-state index contributed by atoms with van der Waals surface area (Å²) in [4.78, 5) is 6.37. The minimum atomic E-state index is -4.61. The summed E-state index contributed by atoms with van der Waals surface area (Å²) >= 11 is 0. The molecule has 2 aliphatic rings. The number of fused-ring (bicyclic) bond motifs is 2. The number of hydrogen-bond acceptors (Lipinski definition) is 3. The van der Waals surface area contributed by atoms with Crippen LogP contribution in [0.25, 0.3) is 0 Å². The van der Waals surface area contributed by atoms with Crippen molar-refractivity contribution in [1.82, 2.24) is 15.5 Å². The van der Waals surface area contributed by atoms with Crippen molar-refractivity contribution in [2.75, 3.05) is 20.6 Å². The zero-order valence-corrected chi connectivity index (χ0v) is 13.0. The number of halogens is 3. The topological polar surface area (TPSA) is 59.9 Å². The molecule has 0 aromatic carbocycles. The highest BCUT2D eigenvalue weighted by molar-refractivity contribution is 5.80. The number of rotatable bonds is 3. The van der Waals surface area contributed by atoms with Crippen molar-refractivity contribution in [1.29, 1.82) is 0 Å². The number of nitrogens with zero attached hydrogens (tertiary/aromatic N) is 2. The monoisotopic (exact) mass is 322 g/mol. The zero-order chi connectivity index (χ0) is 16.3. The molecular formula is C14H25F3N4O. The van der Waals surface area contributed by atoms with Gasteiger partial charge in [-0.15, -0.1) is 0 Å². The van der Waals surface area contributed by atoms with Gasteiger partial charge in [-0.25, -0.2) is 0 Å². The third-order valence-corrected chi connectivity index (χ3v) is 4.74. The van der Waals surface area contributed by atoms with E-state index >= 15 is 0 Å². The molecule has 2 fully saturated rings. The zero-order valence-electron chi connectivity index (χ0n) is 13.0. The molecule has 0 aromatic rings. The second-order valence-corrected chi connectivity index (χ2v) is 6.23. The maximum absolute atomic E-state index is 12.3. The van der Waals surface area contributed by atoms with E-state index in [1.54, 1.807) is 0 Å². The average Bonchev–Trinajstić information content (AvgIpc) is 2.42. The Kier molecular flexibility index (Phi) is 5.55. The van der Waals surface area contributed by atoms with E-state index in [2.05, 4.69) is 27.6 Å². The van der Waals surface area contributed by atoms with Crippen molar-refractivity contribution >= 4 is 5.96 Å². The lowest BCUT2D eigenvalue weighted by atomic mass is 9.82. The lowest BCUT2D eigenvalue weighted by Crippen LogP contribution is -2.57. The first-order valence-corrected chi connectivity index (χ1v) is 7.75. The smallest absolute Gasteiger partial charge is 0.382 e. The first-order valence-electron chi connectivity index (χ1n) is 7.75. The van der Waals surface area contributed by atoms with Gasteiger partial charge in [0.05, 0.1) is 6.54 Å². The van der Waals surface area contributed by atoms with Gasteiger partial charge in [-0.3, -0.25) is 4.99 Å². The van der Waals surface area contributed by atoms with E-state index in [1.807, 2.05) is 0 Å². The van der Waals surface area contributed by atoms with Crippen molar-refractivity contribution in [3.05, 3.63) is 0 Å². The van der Waals surface area contributed by atoms with Gasteiger partial charge >= 0.3 is 6.18 Å². The number of guanidine groups is 1. The lowest BCUT2D eigenvalue weighted by Gasteiger charge is -2.47. The number of nitrogens with one attached hydrogen (secondary N) is 2. The van der Waals surface area contributed by atoms with Gasteiger partial charge in [-0.1, -0.05) is 6.42 Å². The molecule has 3 N–H and O–H groups in total. The highest BCUT2D eigenvalue weighted by Crippen LogP contribution is 2.32. The molecule has 3 atom stereocenters. The second-order valence-electron chi connectivity index (χ2n) is 6.23. The Bertz CT molecular complexity index is 388. The van der Waals surface area contributed by atoms with E-state index < -0.39 is 18.8 Å². The first-order chi connectivity index (χ1) is 10.3. The molecule has 0 aliphatic carbocycles. The first kappa shape index (κ1) is 17.3. The molecule has 2 heterocycles. The van der Waals surface area contributed by atoms with Gasteiger partial charge in [0, 0.05) is 25.2 Å². The predicted octanol–water partition coefficient (Wildman–Crippen LogP) is 1.09. The SMILES string of the molecule is CN=C(NCC(O)C(F)(F)F)NC1CC2CCCC(C1)N2C. The molecule has 0 saturated carbocycles. The lowest BCUT2D eigenvalue weighted by molar-refractivity contribution is -0.201. The maximum Gasteiger partial charge on any atom is 0.416 e. The molecule has 22 heavy (non-hydrogen) atoms.